The van der Waals surface area contributed by atoms with E-state index in [0.29, 0.717) is 45.9 Å². The summed E-state index contributed by atoms with van der Waals surface area (Å²) in [6.07, 6.45) is 0. The maximum Gasteiger partial charge on any atom is 2.00 e. The summed E-state index contributed by atoms with van der Waals surface area (Å²) in [7, 11) is 4.00. The second kappa shape index (κ2) is 16.6. The quantitative estimate of drug-likeness (QED) is 0.162. The number of hydrogen-bond acceptors (Lipinski definition) is 10. The van der Waals surface area contributed by atoms with E-state index >= 15 is 0 Å². The van der Waals surface area contributed by atoms with Crippen LogP contribution < -0.4 is 9.97 Å². The monoisotopic (exact) mass is 703 g/mol. The number of benzene rings is 4. The summed E-state index contributed by atoms with van der Waals surface area (Å²) in [4.78, 5) is 39.3. The van der Waals surface area contributed by atoms with Gasteiger partial charge in [0, 0.05) is 73.3 Å². The zero-order valence-electron chi connectivity index (χ0n) is 26.9. The third-order valence-corrected chi connectivity index (χ3v) is 7.33. The molecule has 251 valence electrons. The van der Waals surface area contributed by atoms with Gasteiger partial charge < -0.3 is 50.3 Å². The molecule has 1 radical (unpaired) electrons. The SMILES string of the molecule is CO.CO.CO.CO.[Cu+2].c1ccc2c(c1)-c1nc-2nc2[n-]c(nc3nc(nc4[n-]c(n1)c1ccccc41)-c1ccccc1-3)c1ccccc21. The van der Waals surface area contributed by atoms with Crippen LogP contribution in [-0.4, -0.2) is 78.8 Å². The number of hydrogen-bond donors (Lipinski definition) is 4. The number of aliphatic hydroxyl groups excluding tert-OH is 4. The second-order valence-electron chi connectivity index (χ2n) is 9.67. The van der Waals surface area contributed by atoms with Crippen LogP contribution in [0.3, 0.4) is 0 Å². The molecule has 0 unspecified atom stereocenters. The van der Waals surface area contributed by atoms with Crippen molar-refractivity contribution in [2.75, 3.05) is 28.4 Å². The Bertz CT molecular complexity index is 2060. The topological polar surface area (TPSA) is 186 Å². The summed E-state index contributed by atoms with van der Waals surface area (Å²) in [6, 6.07) is 31.8. The molecule has 0 fully saturated rings. The van der Waals surface area contributed by atoms with Gasteiger partial charge in [0.15, 0.2) is 0 Å². The van der Waals surface area contributed by atoms with Crippen molar-refractivity contribution in [2.45, 2.75) is 0 Å². The van der Waals surface area contributed by atoms with Gasteiger partial charge in [-0.2, -0.15) is 0 Å². The standard InChI is InChI=1S/C32H16N8.4CH4O.Cu/c1-2-10-18-17(9-1)25-33-26(18)38-28-21-13-5-6-14-22(21)30(35-28)40-32-24-16-8-7-15-23(24)31(36-32)39-29-20-12-4-3-11-19(20)27(34-29)37-25;4*1-2;/h1-16H;4*2H,1H3;/q-2;;;;;+2. The van der Waals surface area contributed by atoms with Crippen LogP contribution >= 0.6 is 0 Å². The molecular weight excluding hydrogens is 672 g/mol. The van der Waals surface area contributed by atoms with Gasteiger partial charge in [-0.15, -0.1) is 0 Å². The Kier molecular flexibility index (Phi) is 12.4. The van der Waals surface area contributed by atoms with Crippen molar-refractivity contribution in [3.05, 3.63) is 97.1 Å². The van der Waals surface area contributed by atoms with Crippen LogP contribution in [0.25, 0.3) is 89.7 Å². The maximum atomic E-state index is 7.00. The van der Waals surface area contributed by atoms with E-state index < -0.39 is 0 Å². The fraction of sp³-hybridized carbons (Fsp3) is 0.111. The molecule has 2 aliphatic rings. The number of rotatable bonds is 0. The maximum absolute atomic E-state index is 7.00. The predicted octanol–water partition coefficient (Wildman–Crippen LogP) is 4.56. The molecule has 8 bridgehead atoms. The average Bonchev–Trinajstić information content (AvgIpc) is 3.91. The van der Waals surface area contributed by atoms with Crippen molar-refractivity contribution in [1.82, 2.24) is 39.9 Å². The molecule has 9 rings (SSSR count). The number of aromatic nitrogens is 8. The number of nitrogens with zero attached hydrogens (tertiary/aromatic N) is 8. The molecule has 4 N–H and O–H groups in total. The number of fused-ring (bicyclic) bond motifs is 20. The van der Waals surface area contributed by atoms with Crippen molar-refractivity contribution in [2.24, 2.45) is 0 Å². The van der Waals surface area contributed by atoms with E-state index in [9.17, 15) is 0 Å². The molecule has 0 saturated heterocycles. The van der Waals surface area contributed by atoms with Crippen LogP contribution in [0.5, 0.6) is 0 Å². The molecule has 0 amide bonds. The Balaban J connectivity index is 0.000000564. The smallest absolute Gasteiger partial charge is 0.400 e. The summed E-state index contributed by atoms with van der Waals surface area (Å²) in [5.41, 5.74) is 5.78. The molecule has 2 aliphatic heterocycles. The van der Waals surface area contributed by atoms with Crippen molar-refractivity contribution >= 4 is 44.1 Å². The third kappa shape index (κ3) is 6.67. The summed E-state index contributed by atoms with van der Waals surface area (Å²) >= 11 is 0. The summed E-state index contributed by atoms with van der Waals surface area (Å²) in [6.45, 7) is 0. The van der Waals surface area contributed by atoms with Gasteiger partial charge in [-0.05, 0) is 21.5 Å². The number of aliphatic hydroxyl groups is 4. The van der Waals surface area contributed by atoms with Gasteiger partial charge in [0.05, 0.1) is 23.3 Å². The van der Waals surface area contributed by atoms with E-state index in [-0.39, 0.29) is 17.1 Å². The van der Waals surface area contributed by atoms with Gasteiger partial charge in [-0.1, -0.05) is 97.1 Å². The first-order valence-electron chi connectivity index (χ1n) is 14.7. The van der Waals surface area contributed by atoms with Crippen molar-refractivity contribution < 1.29 is 37.5 Å². The van der Waals surface area contributed by atoms with E-state index in [0.717, 1.165) is 72.2 Å². The molecule has 0 saturated carbocycles. The Labute approximate surface area is 291 Å². The third-order valence-electron chi connectivity index (χ3n) is 7.33. The van der Waals surface area contributed by atoms with E-state index in [1.165, 1.54) is 0 Å². The molecular formula is C36H32CuN8O4. The molecule has 0 atom stereocenters. The first-order chi connectivity index (χ1) is 23.8. The van der Waals surface area contributed by atoms with Crippen LogP contribution in [0.4, 0.5) is 0 Å². The van der Waals surface area contributed by atoms with Gasteiger partial charge in [0.25, 0.3) is 0 Å². The summed E-state index contributed by atoms with van der Waals surface area (Å²) in [5.74, 6) is 2.21. The summed E-state index contributed by atoms with van der Waals surface area (Å²) < 4.78 is 0. The van der Waals surface area contributed by atoms with E-state index in [4.69, 9.17) is 60.3 Å². The van der Waals surface area contributed by atoms with Crippen molar-refractivity contribution in [3.63, 3.8) is 0 Å². The molecule has 49 heavy (non-hydrogen) atoms. The van der Waals surface area contributed by atoms with Crippen LogP contribution in [0.1, 0.15) is 0 Å². The molecule has 13 heteroatoms. The molecule has 12 nitrogen and oxygen atoms in total. The second-order valence-corrected chi connectivity index (χ2v) is 9.67. The zero-order valence-corrected chi connectivity index (χ0v) is 27.8. The molecule has 0 spiro atoms. The minimum atomic E-state index is 0. The Hall–Kier alpha value is -5.40. The molecule has 5 heterocycles. The van der Waals surface area contributed by atoms with Crippen LogP contribution in [-0.2, 0) is 17.1 Å². The van der Waals surface area contributed by atoms with Gasteiger partial charge in [0.1, 0.15) is 0 Å². The minimum Gasteiger partial charge on any atom is -0.400 e. The molecule has 7 aromatic rings. The Morgan fingerprint density at radius 1 is 0.327 bits per heavy atom. The van der Waals surface area contributed by atoms with Gasteiger partial charge in [-0.25, -0.2) is 9.97 Å². The molecule has 0 aliphatic carbocycles. The Morgan fingerprint density at radius 2 is 0.531 bits per heavy atom. The summed E-state index contributed by atoms with van der Waals surface area (Å²) in [5, 5.41) is 31.6. The van der Waals surface area contributed by atoms with Crippen LogP contribution in [0, 0.1) is 0 Å². The predicted molar refractivity (Wildman–Crippen MR) is 187 cm³/mol. The van der Waals surface area contributed by atoms with Crippen molar-refractivity contribution in [3.8, 4) is 45.6 Å². The van der Waals surface area contributed by atoms with Gasteiger partial charge in [-0.3, -0.25) is 0 Å². The first-order valence-corrected chi connectivity index (χ1v) is 14.7. The van der Waals surface area contributed by atoms with E-state index in [1.807, 2.05) is 97.1 Å². The largest absolute Gasteiger partial charge is 2.00 e. The fourth-order valence-electron chi connectivity index (χ4n) is 5.46. The fourth-order valence-corrected chi connectivity index (χ4v) is 5.46. The van der Waals surface area contributed by atoms with E-state index in [2.05, 4.69) is 0 Å². The van der Waals surface area contributed by atoms with Crippen LogP contribution in [0.2, 0.25) is 0 Å². The zero-order chi connectivity index (χ0) is 34.2. The minimum absolute atomic E-state index is 0. The normalized spacial score (nSPS) is 10.3. The first kappa shape index (κ1) is 36.4. The van der Waals surface area contributed by atoms with E-state index in [1.54, 1.807) is 0 Å². The average molecular weight is 704 g/mol. The van der Waals surface area contributed by atoms with Crippen LogP contribution in [0.15, 0.2) is 97.1 Å². The van der Waals surface area contributed by atoms with Gasteiger partial charge in [0.2, 0.25) is 0 Å². The van der Waals surface area contributed by atoms with Crippen molar-refractivity contribution in [1.29, 1.82) is 0 Å². The Morgan fingerprint density at radius 3 is 0.755 bits per heavy atom. The van der Waals surface area contributed by atoms with Gasteiger partial charge >= 0.3 is 17.1 Å². The molecule has 3 aromatic heterocycles. The molecule has 4 aromatic carbocycles.